The number of fused-ring (bicyclic) bond motifs is 1. The number of nitrogens with one attached hydrogen (secondary N) is 1. The van der Waals surface area contributed by atoms with Gasteiger partial charge in [-0.05, 0) is 44.9 Å². The van der Waals surface area contributed by atoms with E-state index in [-0.39, 0.29) is 11.7 Å². The maximum Gasteiger partial charge on any atom is 0.251 e. The van der Waals surface area contributed by atoms with E-state index in [1.165, 1.54) is 18.2 Å². The van der Waals surface area contributed by atoms with Crippen molar-refractivity contribution < 1.29 is 32.9 Å². The summed E-state index contributed by atoms with van der Waals surface area (Å²) < 4.78 is 43.9. The molecule has 0 unspecified atom stereocenters. The van der Waals surface area contributed by atoms with Crippen LogP contribution in [0.15, 0.2) is 24.3 Å². The van der Waals surface area contributed by atoms with Gasteiger partial charge in [0.05, 0.1) is 12.6 Å². The van der Waals surface area contributed by atoms with Crippen molar-refractivity contribution in [3.8, 4) is 0 Å². The summed E-state index contributed by atoms with van der Waals surface area (Å²) in [5, 5.41) is 2.97. The van der Waals surface area contributed by atoms with Gasteiger partial charge in [0.1, 0.15) is 24.1 Å². The zero-order valence-corrected chi connectivity index (χ0v) is 16.6. The lowest BCUT2D eigenvalue weighted by Crippen LogP contribution is -2.52. The van der Waals surface area contributed by atoms with E-state index in [9.17, 15) is 9.18 Å². The van der Waals surface area contributed by atoms with Crippen molar-refractivity contribution in [3.05, 3.63) is 35.6 Å². The van der Waals surface area contributed by atoms with Crippen LogP contribution in [-0.2, 0) is 23.7 Å². The third-order valence-electron chi connectivity index (χ3n) is 6.08. The van der Waals surface area contributed by atoms with E-state index < -0.39 is 47.8 Å². The summed E-state index contributed by atoms with van der Waals surface area (Å²) in [6.45, 7) is 4.00. The van der Waals surface area contributed by atoms with Gasteiger partial charge in [-0.3, -0.25) is 4.79 Å². The SMILES string of the molecule is CC1(C)O[C@H]2O[C@H]([C@H]3COC4(CCCC4)O3)[C@@H](NC(=O)c3cccc(F)c3)[C@H]2O1. The Morgan fingerprint density at radius 3 is 2.69 bits per heavy atom. The first-order chi connectivity index (χ1) is 13.8. The molecule has 0 radical (unpaired) electrons. The number of rotatable bonds is 3. The van der Waals surface area contributed by atoms with Gasteiger partial charge in [-0.15, -0.1) is 0 Å². The molecule has 1 aromatic rings. The number of hydrogen-bond acceptors (Lipinski definition) is 6. The molecule has 1 N–H and O–H groups in total. The second-order valence-corrected chi connectivity index (χ2v) is 8.66. The van der Waals surface area contributed by atoms with Crippen LogP contribution in [-0.4, -0.2) is 54.7 Å². The highest BCUT2D eigenvalue weighted by atomic mass is 19.1. The van der Waals surface area contributed by atoms with Crippen LogP contribution in [0.5, 0.6) is 0 Å². The maximum absolute atomic E-state index is 13.6. The zero-order chi connectivity index (χ0) is 20.2. The number of carbonyl (C=O) groups is 1. The summed E-state index contributed by atoms with van der Waals surface area (Å²) in [7, 11) is 0. The molecule has 1 aliphatic carbocycles. The Morgan fingerprint density at radius 2 is 1.93 bits per heavy atom. The summed E-state index contributed by atoms with van der Waals surface area (Å²) >= 11 is 0. The van der Waals surface area contributed by atoms with Crippen LogP contribution < -0.4 is 5.32 Å². The van der Waals surface area contributed by atoms with Crippen molar-refractivity contribution >= 4 is 5.91 Å². The predicted octanol–water partition coefficient (Wildman–Crippen LogP) is 2.49. The molecular formula is C21H26FNO6. The number of halogens is 1. The van der Waals surface area contributed by atoms with Gasteiger partial charge in [-0.1, -0.05) is 6.07 Å². The number of benzene rings is 1. The Kier molecular flexibility index (Phi) is 4.67. The molecule has 1 spiro atoms. The topological polar surface area (TPSA) is 75.3 Å². The molecule has 1 saturated carbocycles. The average Bonchev–Trinajstić information content (AvgIpc) is 3.42. The molecule has 158 valence electrons. The Hall–Kier alpha value is -1.58. The molecular weight excluding hydrogens is 381 g/mol. The monoisotopic (exact) mass is 407 g/mol. The minimum atomic E-state index is -0.818. The van der Waals surface area contributed by atoms with Gasteiger partial charge in [-0.2, -0.15) is 0 Å². The predicted molar refractivity (Wildman–Crippen MR) is 98.4 cm³/mol. The number of ether oxygens (including phenoxy) is 5. The molecule has 1 aromatic carbocycles. The standard InChI is InChI=1S/C21H26FNO6/c1-20(2)28-17-15(23-18(24)12-6-5-7-13(22)10-12)16(26-19(17)29-20)14-11-25-21(27-14)8-3-4-9-21/h5-7,10,14-17,19H,3-4,8-9,11H2,1-2H3,(H,23,24)/t14-,15-,16-,17-,19-/m1/s1. The van der Waals surface area contributed by atoms with E-state index in [4.69, 9.17) is 23.7 Å². The van der Waals surface area contributed by atoms with E-state index in [0.29, 0.717) is 6.61 Å². The van der Waals surface area contributed by atoms with E-state index in [2.05, 4.69) is 5.32 Å². The molecule has 0 aromatic heterocycles. The van der Waals surface area contributed by atoms with Gasteiger partial charge in [0, 0.05) is 18.4 Å². The second kappa shape index (κ2) is 6.99. The van der Waals surface area contributed by atoms with Crippen molar-refractivity contribution in [2.75, 3.05) is 6.61 Å². The van der Waals surface area contributed by atoms with Gasteiger partial charge >= 0.3 is 0 Å². The Balaban J connectivity index is 1.37. The van der Waals surface area contributed by atoms with Gasteiger partial charge in [0.2, 0.25) is 0 Å². The van der Waals surface area contributed by atoms with Crippen LogP contribution in [0.1, 0.15) is 49.9 Å². The largest absolute Gasteiger partial charge is 0.347 e. The Labute approximate surface area is 168 Å². The van der Waals surface area contributed by atoms with Crippen LogP contribution in [0.3, 0.4) is 0 Å². The fourth-order valence-corrected chi connectivity index (χ4v) is 4.80. The second-order valence-electron chi connectivity index (χ2n) is 8.66. The van der Waals surface area contributed by atoms with Gasteiger partial charge in [0.25, 0.3) is 5.91 Å². The minimum absolute atomic E-state index is 0.237. The first kappa shape index (κ1) is 19.4. The van der Waals surface area contributed by atoms with Crippen LogP contribution in [0, 0.1) is 5.82 Å². The van der Waals surface area contributed by atoms with E-state index >= 15 is 0 Å². The van der Waals surface area contributed by atoms with Gasteiger partial charge in [-0.25, -0.2) is 4.39 Å². The normalized spacial score (nSPS) is 37.1. The molecule has 3 saturated heterocycles. The van der Waals surface area contributed by atoms with Crippen LogP contribution in [0.4, 0.5) is 4.39 Å². The van der Waals surface area contributed by atoms with Crippen molar-refractivity contribution in [3.63, 3.8) is 0 Å². The summed E-state index contributed by atoms with van der Waals surface area (Å²) in [6.07, 6.45) is 1.94. The zero-order valence-electron chi connectivity index (χ0n) is 16.6. The van der Waals surface area contributed by atoms with Gasteiger partial charge in [0.15, 0.2) is 17.9 Å². The fraction of sp³-hybridized carbons (Fsp3) is 0.667. The fourth-order valence-electron chi connectivity index (χ4n) is 4.80. The third kappa shape index (κ3) is 3.57. The number of carbonyl (C=O) groups excluding carboxylic acids is 1. The molecule has 5 rings (SSSR count). The van der Waals surface area contributed by atoms with E-state index in [0.717, 1.165) is 25.7 Å². The van der Waals surface area contributed by atoms with Crippen LogP contribution in [0.25, 0.3) is 0 Å². The lowest BCUT2D eigenvalue weighted by molar-refractivity contribution is -0.226. The molecule has 4 aliphatic rings. The van der Waals surface area contributed by atoms with Crippen LogP contribution >= 0.6 is 0 Å². The summed E-state index contributed by atoms with van der Waals surface area (Å²) in [5.74, 6) is -2.22. The lowest BCUT2D eigenvalue weighted by atomic mass is 10.0. The number of amides is 1. The highest BCUT2D eigenvalue weighted by Gasteiger charge is 2.59. The molecule has 5 atom stereocenters. The first-order valence-electron chi connectivity index (χ1n) is 10.2. The lowest BCUT2D eigenvalue weighted by Gasteiger charge is -2.30. The molecule has 3 heterocycles. The maximum atomic E-state index is 13.6. The number of hydrogen-bond donors (Lipinski definition) is 1. The molecule has 0 bridgehead atoms. The smallest absolute Gasteiger partial charge is 0.251 e. The summed E-state index contributed by atoms with van der Waals surface area (Å²) in [6, 6.07) is 5.07. The highest BCUT2D eigenvalue weighted by Crippen LogP contribution is 2.44. The highest BCUT2D eigenvalue weighted by molar-refractivity contribution is 5.94. The molecule has 8 heteroatoms. The molecule has 3 aliphatic heterocycles. The quantitative estimate of drug-likeness (QED) is 0.830. The molecule has 29 heavy (non-hydrogen) atoms. The van der Waals surface area contributed by atoms with E-state index in [1.54, 1.807) is 19.9 Å². The summed E-state index contributed by atoms with van der Waals surface area (Å²) in [4.78, 5) is 12.8. The molecule has 4 fully saturated rings. The summed E-state index contributed by atoms with van der Waals surface area (Å²) in [5.41, 5.74) is 0.237. The van der Waals surface area contributed by atoms with Crippen molar-refractivity contribution in [2.45, 2.75) is 81.7 Å². The van der Waals surface area contributed by atoms with Gasteiger partial charge < -0.3 is 29.0 Å². The Morgan fingerprint density at radius 1 is 1.14 bits per heavy atom. The average molecular weight is 407 g/mol. The molecule has 1 amide bonds. The first-order valence-corrected chi connectivity index (χ1v) is 10.2. The van der Waals surface area contributed by atoms with Crippen molar-refractivity contribution in [1.29, 1.82) is 0 Å². The van der Waals surface area contributed by atoms with Crippen LogP contribution in [0.2, 0.25) is 0 Å². The van der Waals surface area contributed by atoms with Crippen molar-refractivity contribution in [2.24, 2.45) is 0 Å². The Bertz CT molecular complexity index is 795. The third-order valence-corrected chi connectivity index (χ3v) is 6.08. The van der Waals surface area contributed by atoms with Crippen molar-refractivity contribution in [1.82, 2.24) is 5.32 Å². The molecule has 7 nitrogen and oxygen atoms in total. The van der Waals surface area contributed by atoms with E-state index in [1.807, 2.05) is 0 Å². The minimum Gasteiger partial charge on any atom is -0.347 e.